The van der Waals surface area contributed by atoms with Gasteiger partial charge in [0.05, 0.1) is 0 Å². The third kappa shape index (κ3) is 2.92. The van der Waals surface area contributed by atoms with E-state index in [0.29, 0.717) is 11.6 Å². The Morgan fingerprint density at radius 3 is 2.12 bits per heavy atom. The Morgan fingerprint density at radius 2 is 1.76 bits per heavy atom. The summed E-state index contributed by atoms with van der Waals surface area (Å²) in [4.78, 5) is 2.65. The standard InChI is InChI=1S/C15H30N2/c1-6-16-14(13(4)5)15(11-9-10-12-15)17(7-2)8-3/h14,16H,4,6-12H2,1-3,5H3. The Bertz CT molecular complexity index is 237. The number of likely N-dealkylation sites (N-methyl/N-ethyl adjacent to an activating group) is 2. The van der Waals surface area contributed by atoms with E-state index in [1.807, 2.05) is 0 Å². The van der Waals surface area contributed by atoms with Crippen LogP contribution in [0.15, 0.2) is 12.2 Å². The van der Waals surface area contributed by atoms with Crippen molar-refractivity contribution in [1.29, 1.82) is 0 Å². The highest BCUT2D eigenvalue weighted by molar-refractivity contribution is 5.16. The summed E-state index contributed by atoms with van der Waals surface area (Å²) in [6.45, 7) is 16.5. The fourth-order valence-corrected chi connectivity index (χ4v) is 3.66. The van der Waals surface area contributed by atoms with Crippen molar-refractivity contribution in [2.45, 2.75) is 65.0 Å². The van der Waals surface area contributed by atoms with Crippen LogP contribution < -0.4 is 5.32 Å². The van der Waals surface area contributed by atoms with Gasteiger partial charge in [-0.05, 0) is 39.4 Å². The number of hydrogen-bond donors (Lipinski definition) is 1. The first-order valence-electron chi connectivity index (χ1n) is 7.26. The van der Waals surface area contributed by atoms with E-state index in [1.54, 1.807) is 0 Å². The molecule has 0 aromatic carbocycles. The molecule has 0 bridgehead atoms. The first-order chi connectivity index (χ1) is 8.12. The van der Waals surface area contributed by atoms with Gasteiger partial charge in [-0.1, -0.05) is 45.8 Å². The largest absolute Gasteiger partial charge is 0.309 e. The van der Waals surface area contributed by atoms with Gasteiger partial charge in [0.1, 0.15) is 0 Å². The van der Waals surface area contributed by atoms with Crippen molar-refractivity contribution < 1.29 is 0 Å². The molecular formula is C15H30N2. The second-order valence-corrected chi connectivity index (χ2v) is 5.32. The Kier molecular flexibility index (Phi) is 5.68. The number of rotatable bonds is 7. The Balaban J connectivity index is 2.98. The van der Waals surface area contributed by atoms with E-state index < -0.39 is 0 Å². The van der Waals surface area contributed by atoms with Crippen LogP contribution in [-0.2, 0) is 0 Å². The lowest BCUT2D eigenvalue weighted by atomic mass is 9.82. The predicted octanol–water partition coefficient (Wildman–Crippen LogP) is 3.20. The molecule has 1 saturated carbocycles. The molecule has 1 N–H and O–H groups in total. The van der Waals surface area contributed by atoms with Crippen LogP contribution in [0.3, 0.4) is 0 Å². The predicted molar refractivity (Wildman–Crippen MR) is 76.4 cm³/mol. The Morgan fingerprint density at radius 1 is 1.24 bits per heavy atom. The average Bonchev–Trinajstić information content (AvgIpc) is 2.77. The molecule has 0 spiro atoms. The third-order valence-electron chi connectivity index (χ3n) is 4.30. The van der Waals surface area contributed by atoms with Crippen LogP contribution in [0.2, 0.25) is 0 Å². The second kappa shape index (κ2) is 6.55. The van der Waals surface area contributed by atoms with Crippen molar-refractivity contribution in [3.05, 3.63) is 12.2 Å². The zero-order valence-corrected chi connectivity index (χ0v) is 12.2. The molecule has 0 aromatic heterocycles. The highest BCUT2D eigenvalue weighted by Gasteiger charge is 2.44. The highest BCUT2D eigenvalue weighted by atomic mass is 15.2. The topological polar surface area (TPSA) is 15.3 Å². The first-order valence-corrected chi connectivity index (χ1v) is 7.26. The number of nitrogens with one attached hydrogen (secondary N) is 1. The Hall–Kier alpha value is -0.340. The van der Waals surface area contributed by atoms with Gasteiger partial charge < -0.3 is 5.32 Å². The van der Waals surface area contributed by atoms with Crippen molar-refractivity contribution >= 4 is 0 Å². The first kappa shape index (κ1) is 14.7. The van der Waals surface area contributed by atoms with E-state index >= 15 is 0 Å². The summed E-state index contributed by atoms with van der Waals surface area (Å²) < 4.78 is 0. The lowest BCUT2D eigenvalue weighted by Gasteiger charge is -2.47. The van der Waals surface area contributed by atoms with Crippen molar-refractivity contribution in [3.8, 4) is 0 Å². The van der Waals surface area contributed by atoms with E-state index in [1.165, 1.54) is 31.3 Å². The summed E-state index contributed by atoms with van der Waals surface area (Å²) in [5.41, 5.74) is 1.62. The van der Waals surface area contributed by atoms with Crippen LogP contribution in [0, 0.1) is 0 Å². The van der Waals surface area contributed by atoms with E-state index in [2.05, 4.69) is 44.5 Å². The van der Waals surface area contributed by atoms with Gasteiger partial charge in [-0.2, -0.15) is 0 Å². The molecule has 2 heteroatoms. The molecule has 0 amide bonds. The van der Waals surface area contributed by atoms with E-state index in [-0.39, 0.29) is 0 Å². The lowest BCUT2D eigenvalue weighted by Crippen LogP contribution is -2.60. The molecule has 0 radical (unpaired) electrons. The quantitative estimate of drug-likeness (QED) is 0.685. The van der Waals surface area contributed by atoms with Gasteiger partial charge in [-0.25, -0.2) is 0 Å². The van der Waals surface area contributed by atoms with Gasteiger partial charge in [0.2, 0.25) is 0 Å². The molecule has 0 aliphatic heterocycles. The summed E-state index contributed by atoms with van der Waals surface area (Å²) in [6.07, 6.45) is 5.37. The summed E-state index contributed by atoms with van der Waals surface area (Å²) >= 11 is 0. The van der Waals surface area contributed by atoms with Gasteiger partial charge in [0.25, 0.3) is 0 Å². The van der Waals surface area contributed by atoms with Crippen molar-refractivity contribution in [3.63, 3.8) is 0 Å². The molecule has 100 valence electrons. The molecule has 1 aliphatic rings. The molecular weight excluding hydrogens is 208 g/mol. The average molecular weight is 238 g/mol. The normalized spacial score (nSPS) is 20.8. The van der Waals surface area contributed by atoms with Crippen LogP contribution in [-0.4, -0.2) is 36.1 Å². The smallest absolute Gasteiger partial charge is 0.0461 e. The minimum Gasteiger partial charge on any atom is -0.309 e. The lowest BCUT2D eigenvalue weighted by molar-refractivity contribution is 0.0761. The van der Waals surface area contributed by atoms with Crippen molar-refractivity contribution in [2.75, 3.05) is 19.6 Å². The maximum Gasteiger partial charge on any atom is 0.0461 e. The van der Waals surface area contributed by atoms with Crippen LogP contribution in [0.5, 0.6) is 0 Å². The van der Waals surface area contributed by atoms with Crippen molar-refractivity contribution in [2.24, 2.45) is 0 Å². The molecule has 0 heterocycles. The SMILES string of the molecule is C=C(C)C(NCC)C1(N(CC)CC)CCCC1. The third-order valence-corrected chi connectivity index (χ3v) is 4.30. The summed E-state index contributed by atoms with van der Waals surface area (Å²) in [6, 6.07) is 0.454. The molecule has 1 aliphatic carbocycles. The summed E-state index contributed by atoms with van der Waals surface area (Å²) in [7, 11) is 0. The van der Waals surface area contributed by atoms with Gasteiger partial charge in [0.15, 0.2) is 0 Å². The number of nitrogens with zero attached hydrogens (tertiary/aromatic N) is 1. The van der Waals surface area contributed by atoms with Crippen LogP contribution >= 0.6 is 0 Å². The fourth-order valence-electron chi connectivity index (χ4n) is 3.66. The number of hydrogen-bond acceptors (Lipinski definition) is 2. The van der Waals surface area contributed by atoms with Crippen molar-refractivity contribution in [1.82, 2.24) is 10.2 Å². The van der Waals surface area contributed by atoms with Gasteiger partial charge >= 0.3 is 0 Å². The zero-order chi connectivity index (χ0) is 12.9. The van der Waals surface area contributed by atoms with Crippen LogP contribution in [0.1, 0.15) is 53.4 Å². The maximum absolute atomic E-state index is 4.23. The molecule has 1 fully saturated rings. The maximum atomic E-state index is 4.23. The highest BCUT2D eigenvalue weighted by Crippen LogP contribution is 2.39. The van der Waals surface area contributed by atoms with E-state index in [4.69, 9.17) is 0 Å². The molecule has 0 aromatic rings. The molecule has 2 nitrogen and oxygen atoms in total. The second-order valence-electron chi connectivity index (χ2n) is 5.32. The fraction of sp³-hybridized carbons (Fsp3) is 0.867. The minimum atomic E-state index is 0.325. The van der Waals surface area contributed by atoms with Gasteiger partial charge in [-0.3, -0.25) is 4.90 Å². The summed E-state index contributed by atoms with van der Waals surface area (Å²) in [5.74, 6) is 0. The van der Waals surface area contributed by atoms with Gasteiger partial charge in [0, 0.05) is 11.6 Å². The Labute approximate surface area is 107 Å². The molecule has 1 unspecified atom stereocenters. The van der Waals surface area contributed by atoms with Gasteiger partial charge in [-0.15, -0.1) is 0 Å². The minimum absolute atomic E-state index is 0.325. The van der Waals surface area contributed by atoms with Crippen LogP contribution in [0.4, 0.5) is 0 Å². The molecule has 1 atom stereocenters. The van der Waals surface area contributed by atoms with E-state index in [9.17, 15) is 0 Å². The molecule has 1 rings (SSSR count). The van der Waals surface area contributed by atoms with Crippen LogP contribution in [0.25, 0.3) is 0 Å². The molecule has 17 heavy (non-hydrogen) atoms. The summed E-state index contributed by atoms with van der Waals surface area (Å²) in [5, 5.41) is 3.67. The van der Waals surface area contributed by atoms with E-state index in [0.717, 1.165) is 19.6 Å². The molecule has 0 saturated heterocycles. The zero-order valence-electron chi connectivity index (χ0n) is 12.2. The monoisotopic (exact) mass is 238 g/mol.